The molecule has 7 nitrogen and oxygen atoms in total. The van der Waals surface area contributed by atoms with Gasteiger partial charge in [-0.1, -0.05) is 0 Å². The molecular formula is C6H19N7. The van der Waals surface area contributed by atoms with Crippen LogP contribution in [0.5, 0.6) is 0 Å². The van der Waals surface area contributed by atoms with Gasteiger partial charge in [-0.05, 0) is 19.4 Å². The third-order valence-electron chi connectivity index (χ3n) is 0.907. The van der Waals surface area contributed by atoms with Crippen molar-refractivity contribution in [3.05, 3.63) is 0 Å². The monoisotopic (exact) mass is 189 g/mol. The van der Waals surface area contributed by atoms with Gasteiger partial charge in [-0.25, -0.2) is 0 Å². The number of nitrogens with two attached hydrogens (primary N) is 5. The molecule has 78 valence electrons. The summed E-state index contributed by atoms with van der Waals surface area (Å²) in [5, 5.41) is 6.06. The van der Waals surface area contributed by atoms with Crippen LogP contribution < -0.4 is 28.7 Å². The number of aliphatic imine (C=N–C) groups is 1. The Morgan fingerprint density at radius 3 is 1.85 bits per heavy atom. The van der Waals surface area contributed by atoms with Gasteiger partial charge < -0.3 is 28.7 Å². The van der Waals surface area contributed by atoms with Crippen LogP contribution in [0.15, 0.2) is 4.99 Å². The summed E-state index contributed by atoms with van der Waals surface area (Å²) >= 11 is 0. The molecule has 0 saturated heterocycles. The Balaban J connectivity index is 0. The first-order valence-corrected chi connectivity index (χ1v) is 3.85. The van der Waals surface area contributed by atoms with E-state index in [-0.39, 0.29) is 11.9 Å². The van der Waals surface area contributed by atoms with Crippen LogP contribution >= 0.6 is 0 Å². The van der Waals surface area contributed by atoms with Crippen LogP contribution in [-0.4, -0.2) is 25.0 Å². The molecule has 0 spiro atoms. The van der Waals surface area contributed by atoms with Gasteiger partial charge in [0.25, 0.3) is 0 Å². The first-order chi connectivity index (χ1) is 6.00. The molecule has 0 saturated carbocycles. The van der Waals surface area contributed by atoms with Crippen molar-refractivity contribution in [1.82, 2.24) is 0 Å². The standard InChI is InChI=1S/C5H14N4.CH5N3/c6-3-1-2-4-9-5(7)8;2-1(3)4/h1-4,6H2,(H4,7,8,9);(H5,2,3,4). The van der Waals surface area contributed by atoms with Crippen molar-refractivity contribution in [1.29, 1.82) is 5.41 Å². The highest BCUT2D eigenvalue weighted by Crippen LogP contribution is 1.84. The molecule has 0 bridgehead atoms. The number of hydrogen-bond donors (Lipinski definition) is 6. The van der Waals surface area contributed by atoms with E-state index in [1.165, 1.54) is 0 Å². The van der Waals surface area contributed by atoms with Gasteiger partial charge in [0, 0.05) is 6.54 Å². The second kappa shape index (κ2) is 10.5. The molecule has 0 aromatic rings. The molecule has 11 N–H and O–H groups in total. The molecule has 0 heterocycles. The van der Waals surface area contributed by atoms with Crippen molar-refractivity contribution in [2.24, 2.45) is 33.7 Å². The van der Waals surface area contributed by atoms with Gasteiger partial charge in [0.2, 0.25) is 0 Å². The van der Waals surface area contributed by atoms with Crippen LogP contribution in [0.4, 0.5) is 0 Å². The molecule has 0 aliphatic heterocycles. The highest BCUT2D eigenvalue weighted by Gasteiger charge is 1.82. The first-order valence-electron chi connectivity index (χ1n) is 3.85. The highest BCUT2D eigenvalue weighted by atomic mass is 15.0. The van der Waals surface area contributed by atoms with Gasteiger partial charge in [0.05, 0.1) is 0 Å². The Bertz CT molecular complexity index is 145. The van der Waals surface area contributed by atoms with E-state index in [0.29, 0.717) is 13.1 Å². The minimum Gasteiger partial charge on any atom is -0.370 e. The van der Waals surface area contributed by atoms with Crippen LogP contribution in [0.2, 0.25) is 0 Å². The minimum atomic E-state index is -0.333. The molecule has 0 amide bonds. The zero-order valence-corrected chi connectivity index (χ0v) is 7.66. The lowest BCUT2D eigenvalue weighted by Gasteiger charge is -1.92. The van der Waals surface area contributed by atoms with Crippen LogP contribution in [0.3, 0.4) is 0 Å². The van der Waals surface area contributed by atoms with Crippen molar-refractivity contribution < 1.29 is 0 Å². The maximum Gasteiger partial charge on any atom is 0.185 e. The minimum absolute atomic E-state index is 0.159. The molecule has 0 unspecified atom stereocenters. The largest absolute Gasteiger partial charge is 0.370 e. The third-order valence-corrected chi connectivity index (χ3v) is 0.907. The van der Waals surface area contributed by atoms with E-state index in [9.17, 15) is 0 Å². The van der Waals surface area contributed by atoms with Gasteiger partial charge in [0.1, 0.15) is 0 Å². The highest BCUT2D eigenvalue weighted by molar-refractivity contribution is 5.75. The number of nitrogens with one attached hydrogen (secondary N) is 1. The fourth-order valence-electron chi connectivity index (χ4n) is 0.464. The molecule has 0 atom stereocenters. The Morgan fingerprint density at radius 2 is 1.54 bits per heavy atom. The number of unbranched alkanes of at least 4 members (excludes halogenated alkanes) is 1. The average molecular weight is 189 g/mol. The summed E-state index contributed by atoms with van der Waals surface area (Å²) in [6.45, 7) is 1.40. The van der Waals surface area contributed by atoms with E-state index in [4.69, 9.17) is 22.6 Å². The fourth-order valence-corrected chi connectivity index (χ4v) is 0.464. The second-order valence-electron chi connectivity index (χ2n) is 2.26. The molecule has 0 radical (unpaired) electrons. The molecule has 0 aliphatic carbocycles. The summed E-state index contributed by atoms with van der Waals surface area (Å²) in [6, 6.07) is 0. The van der Waals surface area contributed by atoms with Crippen LogP contribution in [0, 0.1) is 5.41 Å². The summed E-state index contributed by atoms with van der Waals surface area (Å²) in [7, 11) is 0. The van der Waals surface area contributed by atoms with Gasteiger partial charge in [-0.3, -0.25) is 10.4 Å². The van der Waals surface area contributed by atoms with Gasteiger partial charge in [-0.2, -0.15) is 0 Å². The fraction of sp³-hybridized carbons (Fsp3) is 0.667. The molecule has 0 fully saturated rings. The number of rotatable bonds is 4. The van der Waals surface area contributed by atoms with Crippen molar-refractivity contribution in [3.63, 3.8) is 0 Å². The summed E-state index contributed by atoms with van der Waals surface area (Å²) in [5.41, 5.74) is 24.3. The Hall–Kier alpha value is -1.50. The quantitative estimate of drug-likeness (QED) is 0.168. The summed E-state index contributed by atoms with van der Waals surface area (Å²) in [6.07, 6.45) is 1.95. The normalized spacial score (nSPS) is 8.08. The predicted molar refractivity (Wildman–Crippen MR) is 55.1 cm³/mol. The van der Waals surface area contributed by atoms with Gasteiger partial charge in [0.15, 0.2) is 11.9 Å². The predicted octanol–water partition coefficient (Wildman–Crippen LogP) is -2.16. The van der Waals surface area contributed by atoms with Crippen LogP contribution in [0.25, 0.3) is 0 Å². The van der Waals surface area contributed by atoms with Gasteiger partial charge in [-0.15, -0.1) is 0 Å². The summed E-state index contributed by atoms with van der Waals surface area (Å²) in [4.78, 5) is 3.78. The van der Waals surface area contributed by atoms with E-state index in [0.717, 1.165) is 12.8 Å². The zero-order chi connectivity index (χ0) is 10.7. The molecule has 7 heteroatoms. The van der Waals surface area contributed by atoms with Crippen molar-refractivity contribution in [3.8, 4) is 0 Å². The van der Waals surface area contributed by atoms with Crippen LogP contribution in [0.1, 0.15) is 12.8 Å². The zero-order valence-electron chi connectivity index (χ0n) is 7.66. The first kappa shape index (κ1) is 14.0. The van der Waals surface area contributed by atoms with Crippen LogP contribution in [-0.2, 0) is 0 Å². The Morgan fingerprint density at radius 1 is 1.08 bits per heavy atom. The lowest BCUT2D eigenvalue weighted by molar-refractivity contribution is 0.755. The second-order valence-corrected chi connectivity index (χ2v) is 2.26. The van der Waals surface area contributed by atoms with Crippen molar-refractivity contribution in [2.75, 3.05) is 13.1 Å². The average Bonchev–Trinajstić information content (AvgIpc) is 1.97. The van der Waals surface area contributed by atoms with E-state index >= 15 is 0 Å². The molecule has 0 aliphatic rings. The Kier molecular flexibility index (Phi) is 11.3. The maximum atomic E-state index is 6.06. The number of guanidine groups is 2. The topological polar surface area (TPSA) is 166 Å². The molecule has 13 heavy (non-hydrogen) atoms. The third kappa shape index (κ3) is 37.5. The van der Waals surface area contributed by atoms with Crippen molar-refractivity contribution in [2.45, 2.75) is 12.8 Å². The number of hydrogen-bond acceptors (Lipinski definition) is 3. The molecule has 0 aromatic heterocycles. The SMILES string of the molecule is N=C(N)N.NCCCCN=C(N)N. The summed E-state index contributed by atoms with van der Waals surface area (Å²) < 4.78 is 0. The molecule has 0 rings (SSSR count). The maximum absolute atomic E-state index is 6.06. The van der Waals surface area contributed by atoms with E-state index in [1.54, 1.807) is 0 Å². The Labute approximate surface area is 77.8 Å². The smallest absolute Gasteiger partial charge is 0.185 e. The number of nitrogens with zero attached hydrogens (tertiary/aromatic N) is 1. The lowest BCUT2D eigenvalue weighted by Crippen LogP contribution is -2.23. The van der Waals surface area contributed by atoms with E-state index in [2.05, 4.69) is 16.5 Å². The van der Waals surface area contributed by atoms with Gasteiger partial charge >= 0.3 is 0 Å². The van der Waals surface area contributed by atoms with E-state index < -0.39 is 0 Å². The molecule has 0 aromatic carbocycles. The van der Waals surface area contributed by atoms with E-state index in [1.807, 2.05) is 0 Å². The lowest BCUT2D eigenvalue weighted by atomic mass is 10.3. The molecular weight excluding hydrogens is 170 g/mol. The summed E-state index contributed by atoms with van der Waals surface area (Å²) in [5.74, 6) is -0.174. The van der Waals surface area contributed by atoms with Crippen molar-refractivity contribution >= 4 is 11.9 Å².